The smallest absolute Gasteiger partial charge is 0.320 e. The van der Waals surface area contributed by atoms with Crippen LogP contribution in [0.2, 0.25) is 0 Å². The average Bonchev–Trinajstić information content (AvgIpc) is 2.39. The number of rotatable bonds is 8. The van der Waals surface area contributed by atoms with Crippen LogP contribution in [0.3, 0.4) is 0 Å². The number of aliphatic carboxylic acids is 1. The Bertz CT molecular complexity index is 439. The Morgan fingerprint density at radius 2 is 1.64 bits per heavy atom. The van der Waals surface area contributed by atoms with E-state index in [-0.39, 0.29) is 56.1 Å². The van der Waals surface area contributed by atoms with Gasteiger partial charge in [0.15, 0.2) is 0 Å². The second-order valence-electron chi connectivity index (χ2n) is 4.53. The van der Waals surface area contributed by atoms with Crippen LogP contribution < -0.4 is 10.4 Å². The van der Waals surface area contributed by atoms with Gasteiger partial charge in [0, 0.05) is 0 Å². The second-order valence-corrected chi connectivity index (χ2v) is 5.29. The van der Waals surface area contributed by atoms with Gasteiger partial charge in [-0.15, -0.1) is 48.0 Å². The first-order valence-electron chi connectivity index (χ1n) is 6.21. The lowest BCUT2D eigenvalue weighted by Gasteiger charge is -2.41. The van der Waals surface area contributed by atoms with Gasteiger partial charge in [-0.25, -0.2) is 0 Å². The van der Waals surface area contributed by atoms with Crippen LogP contribution in [0.15, 0.2) is 24.3 Å². The summed E-state index contributed by atoms with van der Waals surface area (Å²) in [5.74, 6) is -0.565. The SMILES string of the molecule is Cl.Cl.N[C@@H](Cc1ccc([N+]([O-])(CCCl)CCCl)cc1)C(=O)O. The zero-order valence-corrected chi connectivity index (χ0v) is 14.9. The van der Waals surface area contributed by atoms with E-state index in [1.807, 2.05) is 0 Å². The minimum absolute atomic E-state index is 0. The van der Waals surface area contributed by atoms with E-state index in [0.717, 1.165) is 5.56 Å². The van der Waals surface area contributed by atoms with Gasteiger partial charge in [-0.3, -0.25) is 4.79 Å². The van der Waals surface area contributed by atoms with Crippen LogP contribution >= 0.6 is 48.0 Å². The van der Waals surface area contributed by atoms with Crippen molar-refractivity contribution in [3.05, 3.63) is 35.0 Å². The largest absolute Gasteiger partial charge is 0.627 e. The number of nitrogens with two attached hydrogens (primary N) is 1. The first kappa shape index (κ1) is 24.0. The summed E-state index contributed by atoms with van der Waals surface area (Å²) in [5.41, 5.74) is 6.79. The van der Waals surface area contributed by atoms with Crippen LogP contribution in [0.25, 0.3) is 0 Å². The Hall–Kier alpha value is -0.270. The van der Waals surface area contributed by atoms with Gasteiger partial charge in [0.25, 0.3) is 0 Å². The highest BCUT2D eigenvalue weighted by molar-refractivity contribution is 6.18. The van der Waals surface area contributed by atoms with Crippen molar-refractivity contribution in [2.75, 3.05) is 24.8 Å². The topological polar surface area (TPSA) is 86.4 Å². The first-order chi connectivity index (χ1) is 9.42. The Balaban J connectivity index is 0. The lowest BCUT2D eigenvalue weighted by molar-refractivity contribution is -0.138. The first-order valence-corrected chi connectivity index (χ1v) is 7.28. The molecule has 1 atom stereocenters. The highest BCUT2D eigenvalue weighted by atomic mass is 35.5. The highest BCUT2D eigenvalue weighted by Crippen LogP contribution is 2.23. The predicted octanol–water partition coefficient (Wildman–Crippen LogP) is 2.77. The number of hydrogen-bond donors (Lipinski definition) is 2. The maximum absolute atomic E-state index is 12.6. The van der Waals surface area contributed by atoms with Gasteiger partial charge < -0.3 is 20.7 Å². The molecule has 0 radical (unpaired) electrons. The molecule has 3 N–H and O–H groups in total. The van der Waals surface area contributed by atoms with E-state index in [1.165, 1.54) is 0 Å². The van der Waals surface area contributed by atoms with Gasteiger partial charge in [-0.1, -0.05) is 12.1 Å². The standard InChI is InChI=1S/C13H18Cl2N2O3.2ClH/c14-5-7-17(20,8-6-15)11-3-1-10(2-4-11)9-12(16)13(18)19;;/h1-4,12H,5-9,16H2,(H,18,19);2*1H/t12-;;/m0../s1. The second kappa shape index (κ2) is 11.3. The number of nitrogens with zero attached hydrogens (tertiary/aromatic N) is 1. The van der Waals surface area contributed by atoms with Crippen molar-refractivity contribution in [3.63, 3.8) is 0 Å². The summed E-state index contributed by atoms with van der Waals surface area (Å²) in [4.78, 5) is 10.7. The van der Waals surface area contributed by atoms with Crippen LogP contribution in [-0.4, -0.2) is 42.0 Å². The van der Waals surface area contributed by atoms with Crippen molar-refractivity contribution >= 4 is 59.7 Å². The molecule has 0 unspecified atom stereocenters. The molecule has 5 nitrogen and oxygen atoms in total. The van der Waals surface area contributed by atoms with Gasteiger partial charge in [0.2, 0.25) is 0 Å². The molecule has 0 aliphatic rings. The number of hydroxylamine groups is 2. The molecule has 9 heteroatoms. The quantitative estimate of drug-likeness (QED) is 0.404. The summed E-state index contributed by atoms with van der Waals surface area (Å²) in [7, 11) is 0. The van der Waals surface area contributed by atoms with Crippen LogP contribution in [0.4, 0.5) is 5.69 Å². The monoisotopic (exact) mass is 392 g/mol. The van der Waals surface area contributed by atoms with Crippen molar-refractivity contribution < 1.29 is 9.90 Å². The molecular formula is C13H20Cl4N2O3. The molecule has 0 saturated heterocycles. The Labute approximate surface area is 152 Å². The van der Waals surface area contributed by atoms with E-state index in [1.54, 1.807) is 24.3 Å². The van der Waals surface area contributed by atoms with E-state index in [2.05, 4.69) is 0 Å². The number of carbonyl (C=O) groups is 1. The minimum atomic E-state index is -1.05. The Kier molecular flexibility index (Phi) is 12.3. The predicted molar refractivity (Wildman–Crippen MR) is 96.6 cm³/mol. The molecule has 1 aromatic carbocycles. The van der Waals surface area contributed by atoms with Crippen LogP contribution in [0.5, 0.6) is 0 Å². The summed E-state index contributed by atoms with van der Waals surface area (Å²) in [6.45, 7) is 0.477. The van der Waals surface area contributed by atoms with E-state index < -0.39 is 16.7 Å². The summed E-state index contributed by atoms with van der Waals surface area (Å²) < 4.78 is -0.585. The van der Waals surface area contributed by atoms with Gasteiger partial charge in [0.05, 0.1) is 24.8 Å². The third-order valence-corrected chi connectivity index (χ3v) is 3.41. The number of quaternary nitrogens is 1. The van der Waals surface area contributed by atoms with Crippen LogP contribution in [0.1, 0.15) is 5.56 Å². The molecule has 1 rings (SSSR count). The molecular weight excluding hydrogens is 374 g/mol. The minimum Gasteiger partial charge on any atom is -0.627 e. The molecule has 0 aliphatic heterocycles. The van der Waals surface area contributed by atoms with E-state index in [9.17, 15) is 10.0 Å². The normalized spacial score (nSPS) is 12.0. The van der Waals surface area contributed by atoms with Gasteiger partial charge in [-0.2, -0.15) is 0 Å². The van der Waals surface area contributed by atoms with Crippen LogP contribution in [0, 0.1) is 5.21 Å². The maximum atomic E-state index is 12.6. The number of carboxylic acids is 1. The van der Waals surface area contributed by atoms with E-state index >= 15 is 0 Å². The number of halogens is 4. The Morgan fingerprint density at radius 1 is 1.18 bits per heavy atom. The Morgan fingerprint density at radius 3 is 2.00 bits per heavy atom. The highest BCUT2D eigenvalue weighted by Gasteiger charge is 2.19. The summed E-state index contributed by atoms with van der Waals surface area (Å²) in [6.07, 6.45) is 0.222. The zero-order chi connectivity index (χ0) is 15.2. The average molecular weight is 394 g/mol. The van der Waals surface area contributed by atoms with Crippen molar-refractivity contribution in [3.8, 4) is 0 Å². The molecule has 0 heterocycles. The molecule has 0 spiro atoms. The molecule has 0 fully saturated rings. The molecule has 0 amide bonds. The van der Waals surface area contributed by atoms with Crippen molar-refractivity contribution in [1.82, 2.24) is 4.65 Å². The molecule has 0 aromatic heterocycles. The number of hydrogen-bond acceptors (Lipinski definition) is 3. The fraction of sp³-hybridized carbons (Fsp3) is 0.462. The third kappa shape index (κ3) is 6.87. The number of alkyl halides is 2. The van der Waals surface area contributed by atoms with Crippen molar-refractivity contribution in [2.45, 2.75) is 12.5 Å². The van der Waals surface area contributed by atoms with Gasteiger partial charge in [0.1, 0.15) is 11.7 Å². The molecule has 128 valence electrons. The molecule has 1 aromatic rings. The zero-order valence-electron chi connectivity index (χ0n) is 11.8. The van der Waals surface area contributed by atoms with Crippen molar-refractivity contribution in [2.24, 2.45) is 5.73 Å². The number of carboxylic acid groups (broad SMARTS) is 1. The van der Waals surface area contributed by atoms with Crippen molar-refractivity contribution in [1.29, 1.82) is 0 Å². The summed E-state index contributed by atoms with van der Waals surface area (Å²) in [6, 6.07) is 5.83. The summed E-state index contributed by atoms with van der Waals surface area (Å²) in [5, 5.41) is 21.4. The lowest BCUT2D eigenvalue weighted by Crippen LogP contribution is -2.46. The summed E-state index contributed by atoms with van der Waals surface area (Å²) >= 11 is 11.3. The van der Waals surface area contributed by atoms with Crippen LogP contribution in [-0.2, 0) is 11.2 Å². The fourth-order valence-electron chi connectivity index (χ4n) is 1.89. The molecule has 0 aliphatic carbocycles. The molecule has 0 saturated carbocycles. The van der Waals surface area contributed by atoms with E-state index in [4.69, 9.17) is 34.0 Å². The maximum Gasteiger partial charge on any atom is 0.320 e. The van der Waals surface area contributed by atoms with Gasteiger partial charge in [-0.05, 0) is 24.1 Å². The number of benzene rings is 1. The van der Waals surface area contributed by atoms with E-state index in [0.29, 0.717) is 5.69 Å². The van der Waals surface area contributed by atoms with Gasteiger partial charge >= 0.3 is 5.97 Å². The third-order valence-electron chi connectivity index (χ3n) is 3.07. The molecule has 22 heavy (non-hydrogen) atoms. The lowest BCUT2D eigenvalue weighted by atomic mass is 10.1. The molecule has 0 bridgehead atoms. The fourth-order valence-corrected chi connectivity index (χ4v) is 2.43.